The van der Waals surface area contributed by atoms with Crippen LogP contribution >= 0.6 is 23.1 Å². The molecule has 8 heteroatoms. The highest BCUT2D eigenvalue weighted by molar-refractivity contribution is 8.00. The predicted octanol–water partition coefficient (Wildman–Crippen LogP) is 3.48. The summed E-state index contributed by atoms with van der Waals surface area (Å²) in [6, 6.07) is 3.59. The van der Waals surface area contributed by atoms with E-state index in [1.807, 2.05) is 33.8 Å². The Morgan fingerprint density at radius 2 is 2.23 bits per heavy atom. The molecule has 3 heterocycles. The molecule has 0 unspecified atom stereocenters. The maximum atomic E-state index is 12.9. The second kappa shape index (κ2) is 7.67. The number of furan rings is 1. The summed E-state index contributed by atoms with van der Waals surface area (Å²) in [4.78, 5) is 31.7. The number of nitrogens with zero attached hydrogens (tertiary/aromatic N) is 2. The monoisotopic (exact) mass is 391 g/mol. The molecule has 0 spiro atoms. The zero-order valence-corrected chi connectivity index (χ0v) is 16.8. The highest BCUT2D eigenvalue weighted by Crippen LogP contribution is 2.29. The van der Waals surface area contributed by atoms with Crippen LogP contribution in [0.3, 0.4) is 0 Å². The lowest BCUT2D eigenvalue weighted by atomic mass is 10.2. The third-order valence-corrected chi connectivity index (χ3v) is 6.43. The van der Waals surface area contributed by atoms with Crippen LogP contribution in [0.15, 0.2) is 32.8 Å². The van der Waals surface area contributed by atoms with Crippen molar-refractivity contribution < 1.29 is 9.21 Å². The standard InChI is InChI=1S/C18H21N3O3S2/c1-5-21-17(23)14-10(2)11(3)25-16(14)20-18(21)26-12(4)15(22)19-9-13-7-6-8-24-13/h6-8,12H,5,9H2,1-4H3,(H,19,22)/t12-/m0/s1. The molecule has 0 fully saturated rings. The fourth-order valence-corrected chi connectivity index (χ4v) is 4.69. The Morgan fingerprint density at radius 1 is 1.46 bits per heavy atom. The average molecular weight is 392 g/mol. The van der Waals surface area contributed by atoms with Crippen molar-refractivity contribution >= 4 is 39.2 Å². The molecular formula is C18H21N3O3S2. The van der Waals surface area contributed by atoms with E-state index in [2.05, 4.69) is 10.3 Å². The van der Waals surface area contributed by atoms with Gasteiger partial charge in [-0.1, -0.05) is 11.8 Å². The van der Waals surface area contributed by atoms with Crippen molar-refractivity contribution in [2.24, 2.45) is 0 Å². The predicted molar refractivity (Wildman–Crippen MR) is 105 cm³/mol. The molecule has 138 valence electrons. The Hall–Kier alpha value is -2.06. The highest BCUT2D eigenvalue weighted by atomic mass is 32.2. The van der Waals surface area contributed by atoms with Gasteiger partial charge in [0.05, 0.1) is 23.4 Å². The minimum Gasteiger partial charge on any atom is -0.467 e. The lowest BCUT2D eigenvalue weighted by Crippen LogP contribution is -2.31. The van der Waals surface area contributed by atoms with Gasteiger partial charge in [0.1, 0.15) is 10.6 Å². The van der Waals surface area contributed by atoms with Gasteiger partial charge in [-0.3, -0.25) is 14.2 Å². The number of nitrogens with one attached hydrogen (secondary N) is 1. The Labute approximate surface area is 159 Å². The van der Waals surface area contributed by atoms with E-state index in [1.165, 1.54) is 23.1 Å². The third kappa shape index (κ3) is 3.57. The molecule has 1 amide bonds. The van der Waals surface area contributed by atoms with Gasteiger partial charge in [0.25, 0.3) is 5.56 Å². The number of carbonyl (C=O) groups is 1. The average Bonchev–Trinajstić information content (AvgIpc) is 3.21. The summed E-state index contributed by atoms with van der Waals surface area (Å²) in [5.41, 5.74) is 0.954. The summed E-state index contributed by atoms with van der Waals surface area (Å²) in [7, 11) is 0. The van der Waals surface area contributed by atoms with Gasteiger partial charge in [0, 0.05) is 11.4 Å². The van der Waals surface area contributed by atoms with Crippen molar-refractivity contribution in [2.45, 2.75) is 51.2 Å². The topological polar surface area (TPSA) is 77.1 Å². The second-order valence-corrected chi connectivity index (χ2v) is 8.48. The largest absolute Gasteiger partial charge is 0.467 e. The van der Waals surface area contributed by atoms with E-state index in [4.69, 9.17) is 4.42 Å². The molecule has 0 bridgehead atoms. The number of carbonyl (C=O) groups excluding carboxylic acids is 1. The lowest BCUT2D eigenvalue weighted by Gasteiger charge is -2.14. The highest BCUT2D eigenvalue weighted by Gasteiger charge is 2.21. The zero-order valence-electron chi connectivity index (χ0n) is 15.2. The van der Waals surface area contributed by atoms with Gasteiger partial charge in [-0.15, -0.1) is 11.3 Å². The summed E-state index contributed by atoms with van der Waals surface area (Å²) in [5, 5.41) is 3.73. The molecule has 6 nitrogen and oxygen atoms in total. The van der Waals surface area contributed by atoms with Crippen molar-refractivity contribution in [2.75, 3.05) is 0 Å². The number of fused-ring (bicyclic) bond motifs is 1. The molecule has 0 saturated carbocycles. The summed E-state index contributed by atoms with van der Waals surface area (Å²) < 4.78 is 6.86. The minimum atomic E-state index is -0.380. The summed E-state index contributed by atoms with van der Waals surface area (Å²) >= 11 is 2.82. The maximum Gasteiger partial charge on any atom is 0.263 e. The van der Waals surface area contributed by atoms with Gasteiger partial charge in [-0.05, 0) is 45.4 Å². The number of aromatic nitrogens is 2. The van der Waals surface area contributed by atoms with E-state index in [9.17, 15) is 9.59 Å². The molecule has 0 aliphatic rings. The van der Waals surface area contributed by atoms with Gasteiger partial charge in [-0.2, -0.15) is 0 Å². The summed E-state index contributed by atoms with van der Waals surface area (Å²) in [6.45, 7) is 8.52. The van der Waals surface area contributed by atoms with E-state index in [1.54, 1.807) is 16.9 Å². The van der Waals surface area contributed by atoms with Crippen LogP contribution in [-0.2, 0) is 17.9 Å². The fraction of sp³-hybridized carbons (Fsp3) is 0.389. The van der Waals surface area contributed by atoms with Crippen molar-refractivity contribution in [3.63, 3.8) is 0 Å². The second-order valence-electron chi connectivity index (χ2n) is 5.96. The molecule has 0 saturated heterocycles. The molecule has 3 rings (SSSR count). The quantitative estimate of drug-likeness (QED) is 0.514. The first-order valence-electron chi connectivity index (χ1n) is 8.39. The van der Waals surface area contributed by atoms with Gasteiger partial charge < -0.3 is 9.73 Å². The van der Waals surface area contributed by atoms with Crippen LogP contribution in [-0.4, -0.2) is 20.7 Å². The van der Waals surface area contributed by atoms with Crippen LogP contribution in [0, 0.1) is 13.8 Å². The van der Waals surface area contributed by atoms with Crippen LogP contribution in [0.5, 0.6) is 0 Å². The summed E-state index contributed by atoms with van der Waals surface area (Å²) in [6.07, 6.45) is 1.57. The van der Waals surface area contributed by atoms with Crippen LogP contribution < -0.4 is 10.9 Å². The van der Waals surface area contributed by atoms with Gasteiger partial charge in [0.2, 0.25) is 5.91 Å². The Bertz CT molecular complexity index is 989. The molecule has 0 aromatic carbocycles. The van der Waals surface area contributed by atoms with Crippen molar-refractivity contribution in [1.82, 2.24) is 14.9 Å². The third-order valence-electron chi connectivity index (χ3n) is 4.24. The molecule has 1 N–H and O–H groups in total. The Morgan fingerprint density at radius 3 is 2.88 bits per heavy atom. The van der Waals surface area contributed by atoms with E-state index >= 15 is 0 Å². The molecule has 1 atom stereocenters. The molecular weight excluding hydrogens is 370 g/mol. The van der Waals surface area contributed by atoms with Crippen LogP contribution in [0.25, 0.3) is 10.2 Å². The number of hydrogen-bond donors (Lipinski definition) is 1. The normalized spacial score (nSPS) is 12.5. The van der Waals surface area contributed by atoms with E-state index in [0.29, 0.717) is 29.4 Å². The maximum absolute atomic E-state index is 12.9. The fourth-order valence-electron chi connectivity index (χ4n) is 2.62. The molecule has 3 aromatic heterocycles. The van der Waals surface area contributed by atoms with Crippen molar-refractivity contribution in [1.29, 1.82) is 0 Å². The minimum absolute atomic E-state index is 0.0370. The first kappa shape index (κ1) is 18.7. The number of aryl methyl sites for hydroxylation is 2. The Balaban J connectivity index is 1.83. The Kier molecular flexibility index (Phi) is 5.52. The smallest absolute Gasteiger partial charge is 0.263 e. The number of amides is 1. The summed E-state index contributed by atoms with van der Waals surface area (Å²) in [5.74, 6) is 0.576. The number of hydrogen-bond acceptors (Lipinski definition) is 6. The zero-order chi connectivity index (χ0) is 18.8. The number of rotatable bonds is 6. The van der Waals surface area contributed by atoms with Gasteiger partial charge in [0.15, 0.2) is 5.16 Å². The van der Waals surface area contributed by atoms with Gasteiger partial charge >= 0.3 is 0 Å². The number of thioether (sulfide) groups is 1. The first-order valence-corrected chi connectivity index (χ1v) is 10.1. The van der Waals surface area contributed by atoms with Crippen molar-refractivity contribution in [3.8, 4) is 0 Å². The molecule has 3 aromatic rings. The van der Waals surface area contributed by atoms with Gasteiger partial charge in [-0.25, -0.2) is 4.98 Å². The van der Waals surface area contributed by atoms with E-state index < -0.39 is 0 Å². The molecule has 0 aliphatic carbocycles. The molecule has 0 radical (unpaired) electrons. The van der Waals surface area contributed by atoms with E-state index in [0.717, 1.165) is 15.3 Å². The molecule has 0 aliphatic heterocycles. The molecule has 26 heavy (non-hydrogen) atoms. The van der Waals surface area contributed by atoms with Crippen LogP contribution in [0.2, 0.25) is 0 Å². The van der Waals surface area contributed by atoms with Crippen LogP contribution in [0.1, 0.15) is 30.0 Å². The van der Waals surface area contributed by atoms with Crippen LogP contribution in [0.4, 0.5) is 0 Å². The SMILES string of the molecule is CCn1c(S[C@@H](C)C(=O)NCc2ccco2)nc2sc(C)c(C)c2c1=O. The lowest BCUT2D eigenvalue weighted by molar-refractivity contribution is -0.120. The van der Waals surface area contributed by atoms with Crippen molar-refractivity contribution in [3.05, 3.63) is 45.0 Å². The first-order chi connectivity index (χ1) is 12.4. The number of thiophene rings is 1. The van der Waals surface area contributed by atoms with E-state index in [-0.39, 0.29) is 16.7 Å².